The van der Waals surface area contributed by atoms with Gasteiger partial charge in [-0.25, -0.2) is 4.39 Å². The minimum absolute atomic E-state index is 0.0463. The number of halogens is 1. The standard InChI is InChI=1S/C9H10FO2P/c1-13(2,12)9-7(6-11)4-3-5-8(9)10/h3-6H,1-2H3. The second kappa shape index (κ2) is 3.43. The predicted octanol–water partition coefficient (Wildman–Crippen LogP) is 1.89. The van der Waals surface area contributed by atoms with E-state index in [1.807, 2.05) is 0 Å². The molecule has 0 fully saturated rings. The van der Waals surface area contributed by atoms with E-state index in [1.54, 1.807) is 0 Å². The summed E-state index contributed by atoms with van der Waals surface area (Å²) in [7, 11) is -2.72. The zero-order chi connectivity index (χ0) is 10.1. The smallest absolute Gasteiger partial charge is 0.150 e. The number of carbonyl (C=O) groups excluding carboxylic acids is 1. The second-order valence-electron chi connectivity index (χ2n) is 3.15. The molecule has 0 aliphatic heterocycles. The van der Waals surface area contributed by atoms with Crippen molar-refractivity contribution in [1.29, 1.82) is 0 Å². The molecular formula is C9H10FO2P. The van der Waals surface area contributed by atoms with Crippen LogP contribution in [0.25, 0.3) is 0 Å². The predicted molar refractivity (Wildman–Crippen MR) is 50.9 cm³/mol. The summed E-state index contributed by atoms with van der Waals surface area (Å²) in [6, 6.07) is 4.10. The van der Waals surface area contributed by atoms with Crippen LogP contribution in [0.2, 0.25) is 0 Å². The van der Waals surface area contributed by atoms with Crippen LogP contribution in [0.15, 0.2) is 18.2 Å². The van der Waals surface area contributed by atoms with E-state index in [4.69, 9.17) is 0 Å². The Morgan fingerprint density at radius 3 is 2.38 bits per heavy atom. The SMILES string of the molecule is CP(C)(=O)c1c(F)cccc1C=O. The van der Waals surface area contributed by atoms with Crippen molar-refractivity contribution in [2.75, 3.05) is 13.3 Å². The second-order valence-corrected chi connectivity index (χ2v) is 6.30. The van der Waals surface area contributed by atoms with E-state index < -0.39 is 13.0 Å². The van der Waals surface area contributed by atoms with Gasteiger partial charge in [0.05, 0.1) is 5.30 Å². The maximum atomic E-state index is 13.2. The lowest BCUT2D eigenvalue weighted by Crippen LogP contribution is -2.14. The molecule has 0 atom stereocenters. The van der Waals surface area contributed by atoms with Gasteiger partial charge in [-0.3, -0.25) is 4.79 Å². The Bertz CT molecular complexity index is 381. The average Bonchev–Trinajstić information content (AvgIpc) is 2.01. The number of carbonyl (C=O) groups is 1. The van der Waals surface area contributed by atoms with Gasteiger partial charge in [0.25, 0.3) is 0 Å². The lowest BCUT2D eigenvalue weighted by Gasteiger charge is -2.10. The van der Waals surface area contributed by atoms with Gasteiger partial charge in [0.15, 0.2) is 6.29 Å². The molecule has 1 rings (SSSR count). The van der Waals surface area contributed by atoms with Crippen molar-refractivity contribution in [3.63, 3.8) is 0 Å². The highest BCUT2D eigenvalue weighted by atomic mass is 31.2. The third kappa shape index (κ3) is 2.04. The zero-order valence-corrected chi connectivity index (χ0v) is 8.35. The Morgan fingerprint density at radius 2 is 2.00 bits per heavy atom. The van der Waals surface area contributed by atoms with E-state index in [1.165, 1.54) is 31.5 Å². The lowest BCUT2D eigenvalue weighted by molar-refractivity contribution is 0.112. The average molecular weight is 200 g/mol. The van der Waals surface area contributed by atoms with Crippen LogP contribution in [0.3, 0.4) is 0 Å². The van der Waals surface area contributed by atoms with E-state index >= 15 is 0 Å². The first-order valence-corrected chi connectivity index (χ1v) is 6.36. The quantitative estimate of drug-likeness (QED) is 0.539. The van der Waals surface area contributed by atoms with E-state index in [9.17, 15) is 13.8 Å². The highest BCUT2D eigenvalue weighted by Gasteiger charge is 2.19. The van der Waals surface area contributed by atoms with Crippen LogP contribution in [-0.2, 0) is 4.57 Å². The molecule has 0 bridgehead atoms. The molecule has 0 unspecified atom stereocenters. The Labute approximate surface area is 76.1 Å². The van der Waals surface area contributed by atoms with Crippen LogP contribution in [0.1, 0.15) is 10.4 Å². The summed E-state index contributed by atoms with van der Waals surface area (Å²) < 4.78 is 24.8. The third-order valence-corrected chi connectivity index (χ3v) is 3.23. The summed E-state index contributed by atoms with van der Waals surface area (Å²) >= 11 is 0. The van der Waals surface area contributed by atoms with Crippen LogP contribution in [0.4, 0.5) is 4.39 Å². The fourth-order valence-electron chi connectivity index (χ4n) is 1.20. The van der Waals surface area contributed by atoms with Gasteiger partial charge >= 0.3 is 0 Å². The summed E-state index contributed by atoms with van der Waals surface area (Å²) in [6.45, 7) is 2.89. The van der Waals surface area contributed by atoms with Crippen molar-refractivity contribution in [3.8, 4) is 0 Å². The van der Waals surface area contributed by atoms with Gasteiger partial charge in [0, 0.05) is 5.56 Å². The molecule has 0 amide bonds. The van der Waals surface area contributed by atoms with Crippen molar-refractivity contribution in [3.05, 3.63) is 29.6 Å². The van der Waals surface area contributed by atoms with Crippen LogP contribution in [0, 0.1) is 5.82 Å². The molecule has 0 aliphatic carbocycles. The molecule has 0 spiro atoms. The van der Waals surface area contributed by atoms with E-state index in [0.717, 1.165) is 0 Å². The molecule has 0 heterocycles. The molecule has 0 radical (unpaired) electrons. The van der Waals surface area contributed by atoms with Crippen LogP contribution < -0.4 is 5.30 Å². The summed E-state index contributed by atoms with van der Waals surface area (Å²) in [5.74, 6) is -0.571. The first-order valence-electron chi connectivity index (χ1n) is 3.76. The van der Waals surface area contributed by atoms with Crippen LogP contribution in [-0.4, -0.2) is 19.6 Å². The molecule has 0 aromatic heterocycles. The van der Waals surface area contributed by atoms with Gasteiger partial charge in [-0.15, -0.1) is 0 Å². The third-order valence-electron chi connectivity index (χ3n) is 1.68. The van der Waals surface area contributed by atoms with Gasteiger partial charge in [-0.2, -0.15) is 0 Å². The normalized spacial score (nSPS) is 11.3. The monoisotopic (exact) mass is 200 g/mol. The van der Waals surface area contributed by atoms with Crippen molar-refractivity contribution in [2.45, 2.75) is 0 Å². The summed E-state index contributed by atoms with van der Waals surface area (Å²) in [5.41, 5.74) is 0.174. The van der Waals surface area contributed by atoms with Crippen molar-refractivity contribution in [1.82, 2.24) is 0 Å². The Morgan fingerprint density at radius 1 is 1.38 bits per heavy atom. The van der Waals surface area contributed by atoms with Gasteiger partial charge < -0.3 is 4.57 Å². The summed E-state index contributed by atoms with van der Waals surface area (Å²) in [6.07, 6.45) is 0.526. The largest absolute Gasteiger partial charge is 0.319 e. The van der Waals surface area contributed by atoms with E-state index in [0.29, 0.717) is 6.29 Å². The number of aldehydes is 1. The first kappa shape index (κ1) is 10.1. The van der Waals surface area contributed by atoms with E-state index in [-0.39, 0.29) is 10.9 Å². The van der Waals surface area contributed by atoms with E-state index in [2.05, 4.69) is 0 Å². The minimum atomic E-state index is -2.72. The highest BCUT2D eigenvalue weighted by molar-refractivity contribution is 7.70. The Hall–Kier alpha value is -0.950. The summed E-state index contributed by atoms with van der Waals surface area (Å²) in [4.78, 5) is 10.5. The molecule has 2 nitrogen and oxygen atoms in total. The molecule has 0 N–H and O–H groups in total. The topological polar surface area (TPSA) is 34.1 Å². The van der Waals surface area contributed by atoms with Crippen molar-refractivity contribution in [2.24, 2.45) is 0 Å². The van der Waals surface area contributed by atoms with Gasteiger partial charge in [-0.05, 0) is 19.4 Å². The first-order chi connectivity index (χ1) is 5.96. The molecular weight excluding hydrogens is 190 g/mol. The Balaban J connectivity index is 3.49. The fraction of sp³-hybridized carbons (Fsp3) is 0.222. The maximum Gasteiger partial charge on any atom is 0.150 e. The summed E-state index contributed by atoms with van der Waals surface area (Å²) in [5, 5.41) is 0.0463. The van der Waals surface area contributed by atoms with Crippen LogP contribution in [0.5, 0.6) is 0 Å². The fourth-order valence-corrected chi connectivity index (χ4v) is 2.53. The minimum Gasteiger partial charge on any atom is -0.319 e. The molecule has 70 valence electrons. The highest BCUT2D eigenvalue weighted by Crippen LogP contribution is 2.36. The number of hydrogen-bond acceptors (Lipinski definition) is 2. The maximum absolute atomic E-state index is 13.2. The zero-order valence-electron chi connectivity index (χ0n) is 7.45. The van der Waals surface area contributed by atoms with Crippen LogP contribution >= 0.6 is 7.14 Å². The molecule has 4 heteroatoms. The molecule has 1 aromatic rings. The molecule has 0 aliphatic rings. The number of hydrogen-bond donors (Lipinski definition) is 0. The van der Waals surface area contributed by atoms with Crippen molar-refractivity contribution < 1.29 is 13.8 Å². The lowest BCUT2D eigenvalue weighted by atomic mass is 10.2. The van der Waals surface area contributed by atoms with Gasteiger partial charge in [-0.1, -0.05) is 12.1 Å². The molecule has 0 saturated carbocycles. The molecule has 1 aromatic carbocycles. The van der Waals surface area contributed by atoms with Gasteiger partial charge in [0.2, 0.25) is 0 Å². The molecule has 13 heavy (non-hydrogen) atoms. The number of rotatable bonds is 2. The van der Waals surface area contributed by atoms with Crippen molar-refractivity contribution >= 4 is 18.7 Å². The molecule has 0 saturated heterocycles. The van der Waals surface area contributed by atoms with Gasteiger partial charge in [0.1, 0.15) is 13.0 Å². The Kier molecular flexibility index (Phi) is 2.67. The number of benzene rings is 1.